The fraction of sp³-hybridized carbons (Fsp3) is 0.300. The summed E-state index contributed by atoms with van der Waals surface area (Å²) in [6, 6.07) is 11.1. The van der Waals surface area contributed by atoms with E-state index in [1.54, 1.807) is 30.3 Å². The van der Waals surface area contributed by atoms with E-state index in [1.807, 2.05) is 26.0 Å². The number of allylic oxidation sites excluding steroid dienone is 2. The molecule has 0 fully saturated rings. The van der Waals surface area contributed by atoms with Crippen LogP contribution in [0.1, 0.15) is 36.8 Å². The van der Waals surface area contributed by atoms with Crippen LogP contribution in [0.2, 0.25) is 0 Å². The van der Waals surface area contributed by atoms with E-state index in [4.69, 9.17) is 0 Å². The number of nitrogens with one attached hydrogen (secondary N) is 1. The van der Waals surface area contributed by atoms with Gasteiger partial charge in [-0.15, -0.1) is 0 Å². The highest BCUT2D eigenvalue weighted by molar-refractivity contribution is 7.92. The number of benzene rings is 2. The lowest BCUT2D eigenvalue weighted by atomic mass is 9.95. The normalized spacial score (nSPS) is 13.0. The second-order valence-electron chi connectivity index (χ2n) is 6.19. The van der Waals surface area contributed by atoms with Gasteiger partial charge in [0.2, 0.25) is 0 Å². The first-order valence-electron chi connectivity index (χ1n) is 8.55. The molecular weight excluding hydrogens is 350 g/mol. The van der Waals surface area contributed by atoms with Crippen LogP contribution in [0.15, 0.2) is 59.5 Å². The Morgan fingerprint density at radius 1 is 1.12 bits per heavy atom. The number of aliphatic hydroxyl groups is 1. The molecule has 0 aliphatic heterocycles. The van der Waals surface area contributed by atoms with Gasteiger partial charge in [-0.05, 0) is 50.1 Å². The van der Waals surface area contributed by atoms with Gasteiger partial charge >= 0.3 is 0 Å². The Morgan fingerprint density at radius 3 is 2.42 bits per heavy atom. The van der Waals surface area contributed by atoms with Crippen LogP contribution in [-0.4, -0.2) is 25.2 Å². The van der Waals surface area contributed by atoms with Crippen LogP contribution in [0.4, 0.5) is 5.69 Å². The summed E-state index contributed by atoms with van der Waals surface area (Å²) in [5.74, 6) is -0.270. The van der Waals surface area contributed by atoms with Crippen molar-refractivity contribution in [2.45, 2.75) is 37.5 Å². The third kappa shape index (κ3) is 5.09. The number of anilines is 1. The third-order valence-electron chi connectivity index (χ3n) is 4.09. The fourth-order valence-electron chi connectivity index (χ4n) is 2.60. The number of aliphatic hydroxyl groups excluding tert-OH is 1. The molecule has 2 rings (SSSR count). The molecule has 0 aliphatic rings. The van der Waals surface area contributed by atoms with Crippen molar-refractivity contribution in [1.29, 1.82) is 0 Å². The maximum absolute atomic E-state index is 12.5. The summed E-state index contributed by atoms with van der Waals surface area (Å²) in [5, 5.41) is 19.8. The first-order chi connectivity index (χ1) is 12.4. The van der Waals surface area contributed by atoms with Gasteiger partial charge in [0.1, 0.15) is 5.75 Å². The van der Waals surface area contributed by atoms with Gasteiger partial charge in [0.05, 0.1) is 11.5 Å². The second-order valence-corrected chi connectivity index (χ2v) is 7.87. The van der Waals surface area contributed by atoms with Gasteiger partial charge in [0, 0.05) is 17.2 Å². The van der Waals surface area contributed by atoms with Crippen molar-refractivity contribution in [3.63, 3.8) is 0 Å². The van der Waals surface area contributed by atoms with E-state index in [2.05, 4.69) is 4.72 Å². The zero-order chi connectivity index (χ0) is 19.2. The van der Waals surface area contributed by atoms with Crippen LogP contribution >= 0.6 is 0 Å². The molecule has 0 saturated heterocycles. The smallest absolute Gasteiger partial charge is 0.261 e. The van der Waals surface area contributed by atoms with Gasteiger partial charge in [0.15, 0.2) is 0 Å². The number of hydrogen-bond donors (Lipinski definition) is 3. The van der Waals surface area contributed by atoms with Crippen molar-refractivity contribution in [2.24, 2.45) is 0 Å². The molecule has 0 aromatic heterocycles. The topological polar surface area (TPSA) is 86.6 Å². The molecule has 0 heterocycles. The van der Waals surface area contributed by atoms with Crippen molar-refractivity contribution in [1.82, 2.24) is 0 Å². The number of phenols is 1. The van der Waals surface area contributed by atoms with E-state index < -0.39 is 10.0 Å². The molecule has 2 aromatic rings. The minimum absolute atomic E-state index is 0.0345. The lowest BCUT2D eigenvalue weighted by molar-refractivity contribution is 0.263. The second kappa shape index (κ2) is 8.87. The maximum atomic E-state index is 12.5. The van der Waals surface area contributed by atoms with Gasteiger partial charge in [-0.25, -0.2) is 8.42 Å². The van der Waals surface area contributed by atoms with Gasteiger partial charge < -0.3 is 10.2 Å². The first-order valence-corrected chi connectivity index (χ1v) is 10.0. The van der Waals surface area contributed by atoms with E-state index in [0.717, 1.165) is 12.0 Å². The Labute approximate surface area is 155 Å². The molecule has 0 bridgehead atoms. The predicted octanol–water partition coefficient (Wildman–Crippen LogP) is 3.93. The molecule has 0 unspecified atom stereocenters. The van der Waals surface area contributed by atoms with Crippen molar-refractivity contribution in [2.75, 3.05) is 11.3 Å². The molecule has 2 aromatic carbocycles. The number of aromatic hydroxyl groups is 1. The van der Waals surface area contributed by atoms with Crippen LogP contribution in [0.5, 0.6) is 5.75 Å². The van der Waals surface area contributed by atoms with E-state index in [1.165, 1.54) is 12.1 Å². The van der Waals surface area contributed by atoms with Crippen LogP contribution in [0.25, 0.3) is 0 Å². The Kier molecular flexibility index (Phi) is 6.83. The number of phenolic OH excluding ortho intramolecular Hbond substituents is 1. The fourth-order valence-corrected chi connectivity index (χ4v) is 3.65. The summed E-state index contributed by atoms with van der Waals surface area (Å²) in [6.45, 7) is 3.76. The lowest BCUT2D eigenvalue weighted by Gasteiger charge is -2.16. The van der Waals surface area contributed by atoms with Gasteiger partial charge in [-0.3, -0.25) is 4.72 Å². The molecule has 0 saturated carbocycles. The molecule has 5 nitrogen and oxygen atoms in total. The summed E-state index contributed by atoms with van der Waals surface area (Å²) in [4.78, 5) is 0.169. The molecule has 1 atom stereocenters. The summed E-state index contributed by atoms with van der Waals surface area (Å²) < 4.78 is 27.6. The molecule has 0 radical (unpaired) electrons. The standard InChI is InChI=1S/C20H25NO4S/c1-3-4-5-6-16(14-22)19-13-17(9-12-20(19)23)21-26(24,25)18-10-7-15(2)8-11-18/h4-5,7-13,16,21-23H,3,6,14H2,1-2H3/b5-4-/t16-/m0/s1. The van der Waals surface area contributed by atoms with E-state index in [9.17, 15) is 18.6 Å². The largest absolute Gasteiger partial charge is 0.508 e. The number of aryl methyl sites for hydroxylation is 1. The van der Waals surface area contributed by atoms with Crippen molar-refractivity contribution < 1.29 is 18.6 Å². The summed E-state index contributed by atoms with van der Waals surface area (Å²) in [5.41, 5.74) is 1.83. The Morgan fingerprint density at radius 2 is 1.81 bits per heavy atom. The summed E-state index contributed by atoms with van der Waals surface area (Å²) in [7, 11) is -3.72. The molecule has 26 heavy (non-hydrogen) atoms. The average Bonchev–Trinajstić information content (AvgIpc) is 2.61. The molecule has 0 spiro atoms. The molecule has 0 aliphatic carbocycles. The summed E-state index contributed by atoms with van der Waals surface area (Å²) in [6.07, 6.45) is 5.39. The molecular formula is C20H25NO4S. The molecule has 3 N–H and O–H groups in total. The highest BCUT2D eigenvalue weighted by Crippen LogP contribution is 2.31. The van der Waals surface area contributed by atoms with E-state index >= 15 is 0 Å². The monoisotopic (exact) mass is 375 g/mol. The molecule has 0 amide bonds. The predicted molar refractivity (Wildman–Crippen MR) is 104 cm³/mol. The lowest BCUT2D eigenvalue weighted by Crippen LogP contribution is -2.13. The van der Waals surface area contributed by atoms with Gasteiger partial charge in [0.25, 0.3) is 10.0 Å². The highest BCUT2D eigenvalue weighted by Gasteiger charge is 2.18. The number of hydrogen-bond acceptors (Lipinski definition) is 4. The quantitative estimate of drug-likeness (QED) is 0.482. The van der Waals surface area contributed by atoms with Gasteiger partial charge in [-0.1, -0.05) is 36.8 Å². The van der Waals surface area contributed by atoms with Crippen LogP contribution in [0, 0.1) is 6.92 Å². The Bertz CT molecular complexity index is 858. The number of sulfonamides is 1. The van der Waals surface area contributed by atoms with Gasteiger partial charge in [-0.2, -0.15) is 0 Å². The maximum Gasteiger partial charge on any atom is 0.261 e. The van der Waals surface area contributed by atoms with Crippen LogP contribution in [-0.2, 0) is 10.0 Å². The Balaban J connectivity index is 2.28. The average molecular weight is 375 g/mol. The third-order valence-corrected chi connectivity index (χ3v) is 5.49. The SMILES string of the molecule is CC/C=C\C[C@@H](CO)c1cc(NS(=O)(=O)c2ccc(C)cc2)ccc1O. The van der Waals surface area contributed by atoms with Crippen LogP contribution < -0.4 is 4.72 Å². The minimum Gasteiger partial charge on any atom is -0.508 e. The molecule has 140 valence electrons. The first kappa shape index (κ1) is 20.0. The van der Waals surface area contributed by atoms with Crippen molar-refractivity contribution >= 4 is 15.7 Å². The van der Waals surface area contributed by atoms with Crippen molar-refractivity contribution in [3.05, 3.63) is 65.7 Å². The summed E-state index contributed by atoms with van der Waals surface area (Å²) >= 11 is 0. The van der Waals surface area contributed by atoms with E-state index in [-0.39, 0.29) is 23.2 Å². The molecule has 6 heteroatoms. The number of rotatable bonds is 8. The minimum atomic E-state index is -3.72. The zero-order valence-electron chi connectivity index (χ0n) is 15.0. The van der Waals surface area contributed by atoms with Crippen molar-refractivity contribution in [3.8, 4) is 5.75 Å². The Hall–Kier alpha value is -2.31. The van der Waals surface area contributed by atoms with E-state index in [0.29, 0.717) is 17.7 Å². The zero-order valence-corrected chi connectivity index (χ0v) is 15.8. The van der Waals surface area contributed by atoms with Crippen LogP contribution in [0.3, 0.4) is 0 Å². The highest BCUT2D eigenvalue weighted by atomic mass is 32.2.